The first-order valence-electron chi connectivity index (χ1n) is 9.85. The summed E-state index contributed by atoms with van der Waals surface area (Å²) in [4.78, 5) is 29.9. The zero-order valence-corrected chi connectivity index (χ0v) is 17.8. The number of aromatic nitrogens is 4. The number of benzene rings is 1. The topological polar surface area (TPSA) is 81.0 Å². The Morgan fingerprint density at radius 2 is 1.93 bits per heavy atom. The van der Waals surface area contributed by atoms with Crippen LogP contribution in [0.2, 0.25) is 0 Å². The Morgan fingerprint density at radius 3 is 2.57 bits per heavy atom. The summed E-state index contributed by atoms with van der Waals surface area (Å²) >= 11 is 1.42. The predicted molar refractivity (Wildman–Crippen MR) is 115 cm³/mol. The summed E-state index contributed by atoms with van der Waals surface area (Å²) < 4.78 is 2.13. The fourth-order valence-corrected chi connectivity index (χ4v) is 4.02. The second-order valence-electron chi connectivity index (χ2n) is 7.43. The quantitative estimate of drug-likeness (QED) is 0.408. The van der Waals surface area contributed by atoms with E-state index in [0.717, 1.165) is 34.9 Å². The molecule has 1 saturated carbocycles. The van der Waals surface area contributed by atoms with E-state index in [1.165, 1.54) is 18.7 Å². The van der Waals surface area contributed by atoms with Gasteiger partial charge in [-0.2, -0.15) is 0 Å². The van der Waals surface area contributed by atoms with Gasteiger partial charge in [0.05, 0.1) is 5.75 Å². The van der Waals surface area contributed by atoms with Crippen LogP contribution < -0.4 is 0 Å². The minimum absolute atomic E-state index is 0.0111. The highest BCUT2D eigenvalue weighted by molar-refractivity contribution is 7.99. The summed E-state index contributed by atoms with van der Waals surface area (Å²) in [5, 5.41) is 9.47. The number of hydrogen-bond donors (Lipinski definition) is 0. The Bertz CT molecular complexity index is 1050. The van der Waals surface area contributed by atoms with Crippen molar-refractivity contribution in [3.05, 3.63) is 59.9 Å². The van der Waals surface area contributed by atoms with Crippen molar-refractivity contribution in [2.75, 3.05) is 12.8 Å². The Morgan fingerprint density at radius 1 is 1.17 bits per heavy atom. The Balaban J connectivity index is 1.43. The third kappa shape index (κ3) is 4.59. The van der Waals surface area contributed by atoms with E-state index in [-0.39, 0.29) is 11.7 Å². The molecule has 1 aromatic carbocycles. The van der Waals surface area contributed by atoms with Crippen molar-refractivity contribution in [1.29, 1.82) is 0 Å². The first kappa shape index (κ1) is 20.3. The zero-order chi connectivity index (χ0) is 21.1. The maximum absolute atomic E-state index is 12.7. The summed E-state index contributed by atoms with van der Waals surface area (Å²) in [5.41, 5.74) is 2.58. The number of Topliss-reactive ketones (excluding diaryl/α,β-unsaturated/α-hetero) is 1. The Hall–Kier alpha value is -3.00. The molecule has 2 heterocycles. The van der Waals surface area contributed by atoms with Gasteiger partial charge in [0.25, 0.3) is 0 Å². The second kappa shape index (κ2) is 8.79. The molecule has 1 amide bonds. The Labute approximate surface area is 179 Å². The smallest absolute Gasteiger partial charge is 0.219 e. The van der Waals surface area contributed by atoms with E-state index in [9.17, 15) is 9.59 Å². The maximum Gasteiger partial charge on any atom is 0.219 e. The van der Waals surface area contributed by atoms with E-state index < -0.39 is 0 Å². The SMILES string of the molecule is CC(=O)N(C)Cc1ccc(C(=O)CSc2nnc(-c3cccnc3)n2C2CC2)cc1. The molecular weight excluding hydrogens is 398 g/mol. The molecule has 0 aliphatic heterocycles. The number of ketones is 1. The average molecular weight is 422 g/mol. The fraction of sp³-hybridized carbons (Fsp3) is 0.318. The van der Waals surface area contributed by atoms with Gasteiger partial charge in [-0.05, 0) is 30.5 Å². The van der Waals surface area contributed by atoms with Crippen molar-refractivity contribution in [3.63, 3.8) is 0 Å². The molecule has 0 bridgehead atoms. The summed E-state index contributed by atoms with van der Waals surface area (Å²) in [5.74, 6) is 1.15. The van der Waals surface area contributed by atoms with Gasteiger partial charge in [-0.25, -0.2) is 0 Å². The van der Waals surface area contributed by atoms with Crippen molar-refractivity contribution >= 4 is 23.5 Å². The minimum Gasteiger partial charge on any atom is -0.342 e. The molecule has 1 fully saturated rings. The number of carbonyl (C=O) groups excluding carboxylic acids is 2. The standard InChI is InChI=1S/C22H23N5O2S/c1-15(28)26(2)13-16-5-7-17(8-6-16)20(29)14-30-22-25-24-21(27(22)19-9-10-19)18-4-3-11-23-12-18/h3-8,11-12,19H,9-10,13-14H2,1-2H3. The van der Waals surface area contributed by atoms with Crippen LogP contribution >= 0.6 is 11.8 Å². The van der Waals surface area contributed by atoms with Crippen LogP contribution in [0.4, 0.5) is 0 Å². The predicted octanol–water partition coefficient (Wildman–Crippen LogP) is 3.63. The third-order valence-corrected chi connectivity index (χ3v) is 6.00. The van der Waals surface area contributed by atoms with Gasteiger partial charge in [0.2, 0.25) is 5.91 Å². The lowest BCUT2D eigenvalue weighted by Gasteiger charge is -2.14. The van der Waals surface area contributed by atoms with Gasteiger partial charge in [0.15, 0.2) is 16.8 Å². The number of thioether (sulfide) groups is 1. The summed E-state index contributed by atoms with van der Waals surface area (Å²) in [7, 11) is 1.76. The molecule has 0 N–H and O–H groups in total. The number of nitrogens with zero attached hydrogens (tertiary/aromatic N) is 5. The van der Waals surface area contributed by atoms with Gasteiger partial charge >= 0.3 is 0 Å². The van der Waals surface area contributed by atoms with E-state index in [4.69, 9.17) is 0 Å². The molecule has 0 atom stereocenters. The lowest BCUT2D eigenvalue weighted by atomic mass is 10.1. The molecule has 3 aromatic rings. The van der Waals surface area contributed by atoms with E-state index >= 15 is 0 Å². The van der Waals surface area contributed by atoms with Crippen LogP contribution in [0, 0.1) is 0 Å². The molecule has 154 valence electrons. The summed E-state index contributed by atoms with van der Waals surface area (Å²) in [6.45, 7) is 2.06. The van der Waals surface area contributed by atoms with Crippen molar-refractivity contribution in [1.82, 2.24) is 24.6 Å². The number of amides is 1. The van der Waals surface area contributed by atoms with Crippen LogP contribution in [-0.4, -0.2) is 49.1 Å². The minimum atomic E-state index is 0.0111. The highest BCUT2D eigenvalue weighted by atomic mass is 32.2. The molecule has 1 aliphatic carbocycles. The third-order valence-electron chi connectivity index (χ3n) is 5.06. The molecule has 0 radical (unpaired) electrons. The van der Waals surface area contributed by atoms with E-state index in [1.807, 2.05) is 36.4 Å². The normalized spacial score (nSPS) is 13.3. The monoisotopic (exact) mass is 421 g/mol. The van der Waals surface area contributed by atoms with Crippen LogP contribution in [0.3, 0.4) is 0 Å². The molecule has 1 aliphatic rings. The largest absolute Gasteiger partial charge is 0.342 e. The Kier molecular flexibility index (Phi) is 5.94. The van der Waals surface area contributed by atoms with Gasteiger partial charge in [0, 0.05) is 50.1 Å². The molecular formula is C22H23N5O2S. The van der Waals surface area contributed by atoms with E-state index in [0.29, 0.717) is 23.9 Å². The average Bonchev–Trinajstić information content (AvgIpc) is 3.51. The molecule has 4 rings (SSSR count). The number of hydrogen-bond acceptors (Lipinski definition) is 6. The van der Waals surface area contributed by atoms with Gasteiger partial charge in [-0.15, -0.1) is 10.2 Å². The second-order valence-corrected chi connectivity index (χ2v) is 8.38. The summed E-state index contributed by atoms with van der Waals surface area (Å²) in [6.07, 6.45) is 5.72. The van der Waals surface area contributed by atoms with Crippen molar-refractivity contribution < 1.29 is 9.59 Å². The molecule has 30 heavy (non-hydrogen) atoms. The van der Waals surface area contributed by atoms with Crippen molar-refractivity contribution in [2.24, 2.45) is 0 Å². The summed E-state index contributed by atoms with van der Waals surface area (Å²) in [6, 6.07) is 11.7. The molecule has 7 nitrogen and oxygen atoms in total. The van der Waals surface area contributed by atoms with Crippen molar-refractivity contribution in [3.8, 4) is 11.4 Å². The molecule has 0 saturated heterocycles. The maximum atomic E-state index is 12.7. The molecule has 0 unspecified atom stereocenters. The fourth-order valence-electron chi connectivity index (χ4n) is 3.12. The van der Waals surface area contributed by atoms with E-state index in [1.54, 1.807) is 24.3 Å². The van der Waals surface area contributed by atoms with Gasteiger partial charge < -0.3 is 4.90 Å². The van der Waals surface area contributed by atoms with Gasteiger partial charge in [0.1, 0.15) is 0 Å². The number of carbonyl (C=O) groups is 2. The van der Waals surface area contributed by atoms with Crippen LogP contribution in [0.25, 0.3) is 11.4 Å². The molecule has 0 spiro atoms. The van der Waals surface area contributed by atoms with Crippen LogP contribution in [-0.2, 0) is 11.3 Å². The number of pyridine rings is 1. The van der Waals surface area contributed by atoms with Crippen LogP contribution in [0.1, 0.15) is 41.7 Å². The van der Waals surface area contributed by atoms with Gasteiger partial charge in [-0.1, -0.05) is 36.0 Å². The molecule has 8 heteroatoms. The first-order chi connectivity index (χ1) is 14.5. The zero-order valence-electron chi connectivity index (χ0n) is 17.0. The first-order valence-corrected chi connectivity index (χ1v) is 10.8. The van der Waals surface area contributed by atoms with Crippen molar-refractivity contribution in [2.45, 2.75) is 37.5 Å². The highest BCUT2D eigenvalue weighted by Gasteiger charge is 2.30. The van der Waals surface area contributed by atoms with Gasteiger partial charge in [-0.3, -0.25) is 19.1 Å². The van der Waals surface area contributed by atoms with E-state index in [2.05, 4.69) is 19.7 Å². The molecule has 2 aromatic heterocycles. The lowest BCUT2D eigenvalue weighted by Crippen LogP contribution is -2.22. The van der Waals surface area contributed by atoms with Crippen LogP contribution in [0.15, 0.2) is 53.9 Å². The van der Waals surface area contributed by atoms with Crippen LogP contribution in [0.5, 0.6) is 0 Å². The lowest BCUT2D eigenvalue weighted by molar-refractivity contribution is -0.128. The number of rotatable bonds is 8. The highest BCUT2D eigenvalue weighted by Crippen LogP contribution is 2.41.